The van der Waals surface area contributed by atoms with Gasteiger partial charge in [-0.05, 0) is 56.5 Å². The van der Waals surface area contributed by atoms with E-state index in [1.54, 1.807) is 22.9 Å². The van der Waals surface area contributed by atoms with Crippen LogP contribution >= 0.6 is 0 Å². The summed E-state index contributed by atoms with van der Waals surface area (Å²) in [4.78, 5) is 23.6. The standard InChI is InChI=1S/C23H26N4O3/c1-14(2)17(5)24-23(28)22-13-20(18-7-9-19(10-8-18)27(29)30)25-26(22)21-11-6-15(3)12-16(21)4/h6-14,17H,1-5H3,(H,24,28)/t17-/m0/s1. The highest BCUT2D eigenvalue weighted by atomic mass is 16.6. The SMILES string of the molecule is Cc1ccc(-n2nc(-c3ccc([N+](=O)[O-])cc3)cc2C(=O)N[C@@H](C)C(C)C)c(C)c1. The summed E-state index contributed by atoms with van der Waals surface area (Å²) in [7, 11) is 0. The smallest absolute Gasteiger partial charge is 0.270 e. The van der Waals surface area contributed by atoms with Gasteiger partial charge in [0.05, 0.1) is 16.3 Å². The molecule has 1 atom stereocenters. The van der Waals surface area contributed by atoms with E-state index in [0.29, 0.717) is 22.9 Å². The molecule has 0 saturated heterocycles. The van der Waals surface area contributed by atoms with Crippen LogP contribution in [-0.2, 0) is 0 Å². The van der Waals surface area contributed by atoms with Gasteiger partial charge in [-0.2, -0.15) is 5.10 Å². The molecule has 0 unspecified atom stereocenters. The maximum absolute atomic E-state index is 13.1. The first-order valence-corrected chi connectivity index (χ1v) is 9.90. The lowest BCUT2D eigenvalue weighted by Gasteiger charge is -2.18. The number of nitro benzene ring substituents is 1. The van der Waals surface area contributed by atoms with Crippen LogP contribution in [0.1, 0.15) is 42.4 Å². The summed E-state index contributed by atoms with van der Waals surface area (Å²) >= 11 is 0. The van der Waals surface area contributed by atoms with E-state index in [0.717, 1.165) is 16.8 Å². The lowest BCUT2D eigenvalue weighted by molar-refractivity contribution is -0.384. The first kappa shape index (κ1) is 21.2. The second-order valence-electron chi connectivity index (χ2n) is 7.93. The van der Waals surface area contributed by atoms with Crippen LogP contribution in [-0.4, -0.2) is 26.7 Å². The van der Waals surface area contributed by atoms with Crippen LogP contribution in [0.5, 0.6) is 0 Å². The van der Waals surface area contributed by atoms with Gasteiger partial charge in [-0.15, -0.1) is 0 Å². The largest absolute Gasteiger partial charge is 0.348 e. The lowest BCUT2D eigenvalue weighted by Crippen LogP contribution is -2.37. The number of benzene rings is 2. The summed E-state index contributed by atoms with van der Waals surface area (Å²) in [5, 5.41) is 18.6. The molecular weight excluding hydrogens is 380 g/mol. The zero-order valence-corrected chi connectivity index (χ0v) is 17.8. The van der Waals surface area contributed by atoms with Crippen molar-refractivity contribution < 1.29 is 9.72 Å². The van der Waals surface area contributed by atoms with Gasteiger partial charge >= 0.3 is 0 Å². The van der Waals surface area contributed by atoms with Gasteiger partial charge in [0, 0.05) is 23.7 Å². The molecule has 0 aliphatic carbocycles. The Hall–Kier alpha value is -3.48. The van der Waals surface area contributed by atoms with E-state index in [4.69, 9.17) is 0 Å². The van der Waals surface area contributed by atoms with E-state index in [-0.39, 0.29) is 17.6 Å². The molecule has 3 aromatic rings. The third-order valence-electron chi connectivity index (χ3n) is 5.26. The van der Waals surface area contributed by atoms with E-state index in [1.165, 1.54) is 12.1 Å². The molecule has 7 heteroatoms. The molecule has 0 radical (unpaired) electrons. The predicted octanol–water partition coefficient (Wildman–Crippen LogP) is 4.84. The minimum Gasteiger partial charge on any atom is -0.348 e. The van der Waals surface area contributed by atoms with Crippen LogP contribution in [0.25, 0.3) is 16.9 Å². The summed E-state index contributed by atoms with van der Waals surface area (Å²) in [6.45, 7) is 10.1. The van der Waals surface area contributed by atoms with Gasteiger partial charge in [0.1, 0.15) is 5.69 Å². The summed E-state index contributed by atoms with van der Waals surface area (Å²) in [5.74, 6) is 0.0809. The topological polar surface area (TPSA) is 90.1 Å². The van der Waals surface area contributed by atoms with E-state index in [1.807, 2.05) is 39.0 Å². The fourth-order valence-corrected chi connectivity index (χ4v) is 3.11. The number of rotatable bonds is 6. The van der Waals surface area contributed by atoms with Gasteiger partial charge in [0.25, 0.3) is 11.6 Å². The van der Waals surface area contributed by atoms with E-state index < -0.39 is 4.92 Å². The fourth-order valence-electron chi connectivity index (χ4n) is 3.11. The Labute approximate surface area is 175 Å². The first-order chi connectivity index (χ1) is 14.2. The molecule has 3 rings (SSSR count). The summed E-state index contributed by atoms with van der Waals surface area (Å²) in [5.41, 5.74) is 4.65. The minimum absolute atomic E-state index is 0.00258. The Morgan fingerprint density at radius 1 is 1.07 bits per heavy atom. The average Bonchev–Trinajstić information content (AvgIpc) is 3.13. The van der Waals surface area contributed by atoms with Gasteiger partial charge in [0.2, 0.25) is 0 Å². The van der Waals surface area contributed by atoms with Crippen molar-refractivity contribution in [2.75, 3.05) is 0 Å². The predicted molar refractivity (Wildman–Crippen MR) is 117 cm³/mol. The van der Waals surface area contributed by atoms with E-state index in [9.17, 15) is 14.9 Å². The number of nitrogens with zero attached hydrogens (tertiary/aromatic N) is 3. The zero-order chi connectivity index (χ0) is 22.0. The first-order valence-electron chi connectivity index (χ1n) is 9.90. The molecule has 0 aliphatic heterocycles. The molecule has 1 N–H and O–H groups in total. The summed E-state index contributed by atoms with van der Waals surface area (Å²) < 4.78 is 1.65. The Balaban J connectivity index is 2.09. The molecule has 0 fully saturated rings. The number of carbonyl (C=O) groups excluding carboxylic acids is 1. The van der Waals surface area contributed by atoms with Crippen molar-refractivity contribution in [1.29, 1.82) is 0 Å². The third kappa shape index (κ3) is 4.40. The van der Waals surface area contributed by atoms with Crippen LogP contribution in [0.3, 0.4) is 0 Å². The van der Waals surface area contributed by atoms with Crippen molar-refractivity contribution in [3.05, 3.63) is 75.5 Å². The van der Waals surface area contributed by atoms with Gasteiger partial charge in [-0.1, -0.05) is 31.5 Å². The molecule has 1 aromatic heterocycles. The number of non-ortho nitro benzene ring substituents is 1. The molecular formula is C23H26N4O3. The minimum atomic E-state index is -0.440. The van der Waals surface area contributed by atoms with Crippen molar-refractivity contribution in [2.24, 2.45) is 5.92 Å². The maximum Gasteiger partial charge on any atom is 0.270 e. The molecule has 1 heterocycles. The molecule has 0 bridgehead atoms. The number of aromatic nitrogens is 2. The van der Waals surface area contributed by atoms with Crippen molar-refractivity contribution in [2.45, 2.75) is 40.7 Å². The van der Waals surface area contributed by atoms with Crippen molar-refractivity contribution in [1.82, 2.24) is 15.1 Å². The van der Waals surface area contributed by atoms with Crippen LogP contribution < -0.4 is 5.32 Å². The third-order valence-corrected chi connectivity index (χ3v) is 5.26. The van der Waals surface area contributed by atoms with Crippen molar-refractivity contribution in [3.63, 3.8) is 0 Å². The average molecular weight is 406 g/mol. The van der Waals surface area contributed by atoms with Crippen LogP contribution in [0.15, 0.2) is 48.5 Å². The monoisotopic (exact) mass is 406 g/mol. The van der Waals surface area contributed by atoms with Crippen LogP contribution in [0.2, 0.25) is 0 Å². The summed E-state index contributed by atoms with van der Waals surface area (Å²) in [6.07, 6.45) is 0. The van der Waals surface area contributed by atoms with Gasteiger partial charge < -0.3 is 5.32 Å². The van der Waals surface area contributed by atoms with Crippen LogP contribution in [0, 0.1) is 29.9 Å². The highest BCUT2D eigenvalue weighted by Gasteiger charge is 2.21. The molecule has 0 aliphatic rings. The Morgan fingerprint density at radius 2 is 1.73 bits per heavy atom. The van der Waals surface area contributed by atoms with Crippen molar-refractivity contribution in [3.8, 4) is 16.9 Å². The number of aryl methyl sites for hydroxylation is 2. The number of hydrogen-bond donors (Lipinski definition) is 1. The number of carbonyl (C=O) groups is 1. The molecule has 0 saturated carbocycles. The summed E-state index contributed by atoms with van der Waals surface area (Å²) in [6, 6.07) is 13.9. The second kappa shape index (κ2) is 8.49. The van der Waals surface area contributed by atoms with Gasteiger partial charge in [-0.25, -0.2) is 4.68 Å². The van der Waals surface area contributed by atoms with Gasteiger partial charge in [-0.3, -0.25) is 14.9 Å². The normalized spacial score (nSPS) is 12.1. The highest BCUT2D eigenvalue weighted by molar-refractivity contribution is 5.94. The molecule has 2 aromatic carbocycles. The fraction of sp³-hybridized carbons (Fsp3) is 0.304. The number of amides is 1. The van der Waals surface area contributed by atoms with Gasteiger partial charge in [0.15, 0.2) is 0 Å². The Bertz CT molecular complexity index is 1080. The lowest BCUT2D eigenvalue weighted by atomic mass is 10.1. The quantitative estimate of drug-likeness (QED) is 0.468. The van der Waals surface area contributed by atoms with E-state index >= 15 is 0 Å². The van der Waals surface area contributed by atoms with Crippen LogP contribution in [0.4, 0.5) is 5.69 Å². The molecule has 156 valence electrons. The maximum atomic E-state index is 13.1. The second-order valence-corrected chi connectivity index (χ2v) is 7.93. The highest BCUT2D eigenvalue weighted by Crippen LogP contribution is 2.25. The Morgan fingerprint density at radius 3 is 2.30 bits per heavy atom. The van der Waals surface area contributed by atoms with E-state index in [2.05, 4.69) is 24.3 Å². The molecule has 1 amide bonds. The molecule has 7 nitrogen and oxygen atoms in total. The Kier molecular flexibility index (Phi) is 6.01. The number of nitrogens with one attached hydrogen (secondary N) is 1. The van der Waals surface area contributed by atoms with Crippen molar-refractivity contribution >= 4 is 11.6 Å². The zero-order valence-electron chi connectivity index (χ0n) is 17.8. The number of hydrogen-bond acceptors (Lipinski definition) is 4. The molecule has 0 spiro atoms. The number of nitro groups is 1. The molecule has 30 heavy (non-hydrogen) atoms.